The average Bonchev–Trinajstić information content (AvgIpc) is 2.63. The molecule has 1 unspecified atom stereocenters. The van der Waals surface area contributed by atoms with Crippen LogP contribution in [0.4, 0.5) is 13.2 Å². The molecule has 94 valence electrons. The Labute approximate surface area is 103 Å². The van der Waals surface area contributed by atoms with Gasteiger partial charge in [0.05, 0.1) is 5.56 Å². The van der Waals surface area contributed by atoms with Crippen LogP contribution in [0.15, 0.2) is 24.3 Å². The molecule has 2 rings (SSSR count). The molecule has 1 nitrogen and oxygen atoms in total. The Morgan fingerprint density at radius 3 is 2.35 bits per heavy atom. The van der Waals surface area contributed by atoms with Gasteiger partial charge in [-0.3, -0.25) is 4.90 Å². The van der Waals surface area contributed by atoms with E-state index in [-0.39, 0.29) is 5.38 Å². The zero-order chi connectivity index (χ0) is 12.5. The zero-order valence-corrected chi connectivity index (χ0v) is 9.93. The van der Waals surface area contributed by atoms with Crippen LogP contribution < -0.4 is 0 Å². The Hall–Kier alpha value is -0.740. The van der Waals surface area contributed by atoms with Crippen molar-refractivity contribution in [3.05, 3.63) is 35.4 Å². The van der Waals surface area contributed by atoms with Crippen LogP contribution in [0.5, 0.6) is 0 Å². The third kappa shape index (κ3) is 3.36. The Morgan fingerprint density at radius 1 is 1.24 bits per heavy atom. The molecule has 0 bridgehead atoms. The molecule has 1 saturated heterocycles. The minimum atomic E-state index is -4.26. The molecule has 1 aromatic rings. The lowest BCUT2D eigenvalue weighted by atomic mass is 10.1. The average molecular weight is 264 g/mol. The summed E-state index contributed by atoms with van der Waals surface area (Å²) >= 11 is 5.97. The molecule has 0 spiro atoms. The maximum atomic E-state index is 12.3. The summed E-state index contributed by atoms with van der Waals surface area (Å²) in [7, 11) is 0. The lowest BCUT2D eigenvalue weighted by Gasteiger charge is -2.15. The summed E-state index contributed by atoms with van der Waals surface area (Å²) in [5.41, 5.74) is 0.293. The van der Waals surface area contributed by atoms with E-state index in [1.54, 1.807) is 0 Å². The highest BCUT2D eigenvalue weighted by atomic mass is 35.5. The molecule has 1 aliphatic rings. The Bertz CT molecular complexity index is 374. The number of halogens is 4. The smallest absolute Gasteiger partial charge is 0.298 e. The van der Waals surface area contributed by atoms with Gasteiger partial charge in [0.1, 0.15) is 0 Å². The minimum absolute atomic E-state index is 0.171. The number of hydrogen-bond acceptors (Lipinski definition) is 1. The first kappa shape index (κ1) is 12.7. The molecule has 0 N–H and O–H groups in total. The number of alkyl halides is 4. The molecule has 1 heterocycles. The topological polar surface area (TPSA) is 3.24 Å². The van der Waals surface area contributed by atoms with Crippen molar-refractivity contribution in [2.75, 3.05) is 13.1 Å². The maximum Gasteiger partial charge on any atom is 0.416 e. The quantitative estimate of drug-likeness (QED) is 0.738. The van der Waals surface area contributed by atoms with Gasteiger partial charge in [-0.2, -0.15) is 13.2 Å². The van der Waals surface area contributed by atoms with Gasteiger partial charge in [-0.05, 0) is 30.7 Å². The van der Waals surface area contributed by atoms with Crippen LogP contribution in [0.1, 0.15) is 17.5 Å². The summed E-state index contributed by atoms with van der Waals surface area (Å²) in [5, 5.41) is 0.171. The Balaban J connectivity index is 1.99. The van der Waals surface area contributed by atoms with E-state index in [4.69, 9.17) is 11.6 Å². The van der Waals surface area contributed by atoms with E-state index in [2.05, 4.69) is 4.90 Å². The molecule has 5 heteroatoms. The second-order valence-electron chi connectivity index (χ2n) is 4.32. The van der Waals surface area contributed by atoms with Gasteiger partial charge in [-0.1, -0.05) is 12.1 Å². The summed E-state index contributed by atoms with van der Waals surface area (Å²) in [4.78, 5) is 2.15. The van der Waals surface area contributed by atoms with E-state index in [9.17, 15) is 13.2 Å². The summed E-state index contributed by atoms with van der Waals surface area (Å²) in [6, 6.07) is 5.32. The first-order chi connectivity index (χ1) is 7.95. The van der Waals surface area contributed by atoms with Crippen molar-refractivity contribution in [2.24, 2.45) is 0 Å². The highest BCUT2D eigenvalue weighted by Crippen LogP contribution is 2.29. The fraction of sp³-hybridized carbons (Fsp3) is 0.500. The molecule has 1 aromatic carbocycles. The van der Waals surface area contributed by atoms with Crippen molar-refractivity contribution in [3.8, 4) is 0 Å². The van der Waals surface area contributed by atoms with E-state index in [0.717, 1.165) is 37.2 Å². The normalized spacial score (nSPS) is 22.0. The molecule has 0 aromatic heterocycles. The third-order valence-electron chi connectivity index (χ3n) is 2.90. The lowest BCUT2D eigenvalue weighted by molar-refractivity contribution is -0.137. The van der Waals surface area contributed by atoms with Gasteiger partial charge in [0.2, 0.25) is 0 Å². The SMILES string of the molecule is FC(F)(F)c1ccc(CN2CCC(Cl)C2)cc1. The molecule has 0 saturated carbocycles. The molecule has 17 heavy (non-hydrogen) atoms. The number of hydrogen-bond donors (Lipinski definition) is 0. The lowest BCUT2D eigenvalue weighted by Crippen LogP contribution is -2.20. The first-order valence-electron chi connectivity index (χ1n) is 5.48. The number of rotatable bonds is 2. The number of likely N-dealkylation sites (tertiary alicyclic amines) is 1. The van der Waals surface area contributed by atoms with E-state index >= 15 is 0 Å². The predicted octanol–water partition coefficient (Wildman–Crippen LogP) is 3.52. The molecular weight excluding hydrogens is 251 g/mol. The molecular formula is C12H13ClF3N. The van der Waals surface area contributed by atoms with E-state index < -0.39 is 11.7 Å². The van der Waals surface area contributed by atoms with E-state index in [1.807, 2.05) is 0 Å². The van der Waals surface area contributed by atoms with Crippen LogP contribution in [-0.4, -0.2) is 23.4 Å². The monoisotopic (exact) mass is 263 g/mol. The van der Waals surface area contributed by atoms with Crippen molar-refractivity contribution in [1.82, 2.24) is 4.90 Å². The van der Waals surface area contributed by atoms with Crippen LogP contribution >= 0.6 is 11.6 Å². The summed E-state index contributed by atoms with van der Waals surface area (Å²) < 4.78 is 37.0. The second-order valence-corrected chi connectivity index (χ2v) is 4.93. The molecule has 1 atom stereocenters. The van der Waals surface area contributed by atoms with Gasteiger partial charge >= 0.3 is 6.18 Å². The van der Waals surface area contributed by atoms with Crippen LogP contribution in [0.25, 0.3) is 0 Å². The summed E-state index contributed by atoms with van der Waals surface area (Å²) in [6.07, 6.45) is -3.31. The largest absolute Gasteiger partial charge is 0.416 e. The van der Waals surface area contributed by atoms with Crippen molar-refractivity contribution in [1.29, 1.82) is 0 Å². The van der Waals surface area contributed by atoms with E-state index in [1.165, 1.54) is 12.1 Å². The molecule has 0 radical (unpaired) electrons. The molecule has 1 fully saturated rings. The minimum Gasteiger partial charge on any atom is -0.298 e. The van der Waals surface area contributed by atoms with E-state index in [0.29, 0.717) is 6.54 Å². The van der Waals surface area contributed by atoms with Crippen molar-refractivity contribution < 1.29 is 13.2 Å². The standard InChI is InChI=1S/C12H13ClF3N/c13-11-5-6-17(8-11)7-9-1-3-10(4-2-9)12(14,15)16/h1-4,11H,5-8H2. The Kier molecular flexibility index (Phi) is 3.64. The maximum absolute atomic E-state index is 12.3. The number of nitrogens with zero attached hydrogens (tertiary/aromatic N) is 1. The van der Waals surface area contributed by atoms with Gasteiger partial charge in [0.25, 0.3) is 0 Å². The molecule has 1 aliphatic heterocycles. The van der Waals surface area contributed by atoms with Crippen LogP contribution in [0.2, 0.25) is 0 Å². The fourth-order valence-corrected chi connectivity index (χ4v) is 2.28. The van der Waals surface area contributed by atoms with Crippen molar-refractivity contribution >= 4 is 11.6 Å². The highest BCUT2D eigenvalue weighted by Gasteiger charge is 2.30. The van der Waals surface area contributed by atoms with Gasteiger partial charge in [0, 0.05) is 18.5 Å². The van der Waals surface area contributed by atoms with Gasteiger partial charge in [-0.15, -0.1) is 11.6 Å². The van der Waals surface area contributed by atoms with Crippen LogP contribution in [0, 0.1) is 0 Å². The van der Waals surface area contributed by atoms with Crippen molar-refractivity contribution in [3.63, 3.8) is 0 Å². The van der Waals surface area contributed by atoms with Gasteiger partial charge < -0.3 is 0 Å². The zero-order valence-electron chi connectivity index (χ0n) is 9.17. The molecule has 0 amide bonds. The fourth-order valence-electron chi connectivity index (χ4n) is 1.99. The van der Waals surface area contributed by atoms with Gasteiger partial charge in [-0.25, -0.2) is 0 Å². The summed E-state index contributed by atoms with van der Waals surface area (Å²) in [5.74, 6) is 0. The number of benzene rings is 1. The second kappa shape index (κ2) is 4.86. The summed E-state index contributed by atoms with van der Waals surface area (Å²) in [6.45, 7) is 2.39. The van der Waals surface area contributed by atoms with Crippen LogP contribution in [0.3, 0.4) is 0 Å². The predicted molar refractivity (Wildman–Crippen MR) is 61.0 cm³/mol. The van der Waals surface area contributed by atoms with Gasteiger partial charge in [0.15, 0.2) is 0 Å². The highest BCUT2D eigenvalue weighted by molar-refractivity contribution is 6.20. The van der Waals surface area contributed by atoms with Crippen LogP contribution in [-0.2, 0) is 12.7 Å². The molecule has 0 aliphatic carbocycles. The van der Waals surface area contributed by atoms with Crippen molar-refractivity contribution in [2.45, 2.75) is 24.5 Å². The Morgan fingerprint density at radius 2 is 1.88 bits per heavy atom. The first-order valence-corrected chi connectivity index (χ1v) is 5.91. The third-order valence-corrected chi connectivity index (χ3v) is 3.26.